The highest BCUT2D eigenvalue weighted by atomic mass is 16.6. The van der Waals surface area contributed by atoms with E-state index in [9.17, 15) is 9.59 Å². The molecule has 29 heavy (non-hydrogen) atoms. The highest BCUT2D eigenvalue weighted by Crippen LogP contribution is 2.18. The van der Waals surface area contributed by atoms with Gasteiger partial charge in [-0.15, -0.1) is 0 Å². The Morgan fingerprint density at radius 3 is 2.17 bits per heavy atom. The van der Waals surface area contributed by atoms with Gasteiger partial charge in [0.2, 0.25) is 0 Å². The molecule has 1 heterocycles. The molecule has 7 heteroatoms. The predicted molar refractivity (Wildman–Crippen MR) is 108 cm³/mol. The lowest BCUT2D eigenvalue weighted by molar-refractivity contribution is -0.134. The number of hydrogen-bond acceptors (Lipinski definition) is 5. The minimum absolute atomic E-state index is 0.0118. The van der Waals surface area contributed by atoms with E-state index in [0.717, 1.165) is 5.75 Å². The van der Waals surface area contributed by atoms with Crippen LogP contribution in [0.15, 0.2) is 54.6 Å². The van der Waals surface area contributed by atoms with E-state index in [-0.39, 0.29) is 18.6 Å². The standard InChI is InChI=1S/C22H26N2O5/c1-2-27-18-8-10-19(11-9-18)28-16-21(25)24-14-12-17(13-15-24)23-22(26)29-20-6-4-3-5-7-20/h3-11,17H,2,12-16H2,1H3,(H,23,26). The molecule has 1 aliphatic rings. The third kappa shape index (κ3) is 6.41. The van der Waals surface area contributed by atoms with Crippen molar-refractivity contribution < 1.29 is 23.8 Å². The Morgan fingerprint density at radius 1 is 0.931 bits per heavy atom. The summed E-state index contributed by atoms with van der Waals surface area (Å²) in [7, 11) is 0. The molecule has 0 radical (unpaired) electrons. The number of ether oxygens (including phenoxy) is 3. The average molecular weight is 398 g/mol. The Kier molecular flexibility index (Phi) is 7.33. The van der Waals surface area contributed by atoms with Crippen LogP contribution in [0.25, 0.3) is 0 Å². The molecule has 0 bridgehead atoms. The number of carbonyl (C=O) groups excluding carboxylic acids is 2. The van der Waals surface area contributed by atoms with Crippen molar-refractivity contribution in [3.8, 4) is 17.2 Å². The quantitative estimate of drug-likeness (QED) is 0.775. The zero-order valence-corrected chi connectivity index (χ0v) is 16.5. The lowest BCUT2D eigenvalue weighted by atomic mass is 10.1. The smallest absolute Gasteiger partial charge is 0.412 e. The Balaban J connectivity index is 1.37. The number of carbonyl (C=O) groups is 2. The van der Waals surface area contributed by atoms with Crippen LogP contribution in [-0.4, -0.2) is 49.2 Å². The van der Waals surface area contributed by atoms with Gasteiger partial charge in [0.1, 0.15) is 17.2 Å². The van der Waals surface area contributed by atoms with Gasteiger partial charge in [-0.25, -0.2) is 4.79 Å². The largest absolute Gasteiger partial charge is 0.494 e. The van der Waals surface area contributed by atoms with Crippen molar-refractivity contribution >= 4 is 12.0 Å². The van der Waals surface area contributed by atoms with Gasteiger partial charge in [-0.3, -0.25) is 4.79 Å². The second-order valence-corrected chi connectivity index (χ2v) is 6.70. The number of hydrogen-bond donors (Lipinski definition) is 1. The summed E-state index contributed by atoms with van der Waals surface area (Å²) in [5, 5.41) is 2.86. The first-order valence-electron chi connectivity index (χ1n) is 9.81. The molecule has 1 saturated heterocycles. The molecule has 2 aromatic carbocycles. The molecule has 2 aromatic rings. The maximum absolute atomic E-state index is 12.4. The van der Waals surface area contributed by atoms with Crippen molar-refractivity contribution in [3.05, 3.63) is 54.6 Å². The zero-order valence-electron chi connectivity index (χ0n) is 16.5. The van der Waals surface area contributed by atoms with Crippen LogP contribution in [0.1, 0.15) is 19.8 Å². The summed E-state index contributed by atoms with van der Waals surface area (Å²) in [5.41, 5.74) is 0. The number of nitrogens with zero attached hydrogens (tertiary/aromatic N) is 1. The van der Waals surface area contributed by atoms with Crippen molar-refractivity contribution in [3.63, 3.8) is 0 Å². The average Bonchev–Trinajstić information content (AvgIpc) is 2.74. The Labute approximate surface area is 170 Å². The third-order valence-corrected chi connectivity index (χ3v) is 4.62. The summed E-state index contributed by atoms with van der Waals surface area (Å²) in [6.07, 6.45) is 0.886. The van der Waals surface area contributed by atoms with Gasteiger partial charge in [0.25, 0.3) is 5.91 Å². The second kappa shape index (κ2) is 10.4. The van der Waals surface area contributed by atoms with Crippen molar-refractivity contribution in [1.29, 1.82) is 0 Å². The van der Waals surface area contributed by atoms with E-state index in [1.807, 2.05) is 37.3 Å². The summed E-state index contributed by atoms with van der Waals surface area (Å²) in [4.78, 5) is 26.1. The van der Waals surface area contributed by atoms with E-state index in [1.54, 1.807) is 29.2 Å². The van der Waals surface area contributed by atoms with E-state index in [4.69, 9.17) is 14.2 Å². The molecule has 0 saturated carbocycles. The van der Waals surface area contributed by atoms with Crippen molar-refractivity contribution in [2.45, 2.75) is 25.8 Å². The van der Waals surface area contributed by atoms with Gasteiger partial charge in [-0.2, -0.15) is 0 Å². The first-order chi connectivity index (χ1) is 14.1. The fraction of sp³-hybridized carbons (Fsp3) is 0.364. The molecule has 3 rings (SSSR count). The Morgan fingerprint density at radius 2 is 1.55 bits per heavy atom. The number of benzene rings is 2. The molecule has 0 spiro atoms. The van der Waals surface area contributed by atoms with Crippen LogP contribution in [0.2, 0.25) is 0 Å². The molecular weight excluding hydrogens is 372 g/mol. The van der Waals surface area contributed by atoms with E-state index in [2.05, 4.69) is 5.32 Å². The van der Waals surface area contributed by atoms with Crippen molar-refractivity contribution in [1.82, 2.24) is 10.2 Å². The van der Waals surface area contributed by atoms with Gasteiger partial charge in [-0.05, 0) is 56.2 Å². The molecule has 1 N–H and O–H groups in total. The second-order valence-electron chi connectivity index (χ2n) is 6.70. The van der Waals surface area contributed by atoms with Gasteiger partial charge in [0, 0.05) is 19.1 Å². The summed E-state index contributed by atoms with van der Waals surface area (Å²) in [5.74, 6) is 1.84. The molecule has 1 fully saturated rings. The van der Waals surface area contributed by atoms with E-state index in [0.29, 0.717) is 44.0 Å². The van der Waals surface area contributed by atoms with Crippen LogP contribution in [0.5, 0.6) is 17.2 Å². The van der Waals surface area contributed by atoms with Crippen molar-refractivity contribution in [2.24, 2.45) is 0 Å². The summed E-state index contributed by atoms with van der Waals surface area (Å²) in [6.45, 7) is 3.66. The van der Waals surface area contributed by atoms with Gasteiger partial charge < -0.3 is 24.4 Å². The van der Waals surface area contributed by atoms with Crippen LogP contribution < -0.4 is 19.5 Å². The molecule has 0 aliphatic carbocycles. The van der Waals surface area contributed by atoms with Crippen LogP contribution in [0, 0.1) is 0 Å². The molecule has 0 aromatic heterocycles. The van der Waals surface area contributed by atoms with Gasteiger partial charge >= 0.3 is 6.09 Å². The Hall–Kier alpha value is -3.22. The minimum atomic E-state index is -0.472. The summed E-state index contributed by atoms with van der Waals surface area (Å²) in [6, 6.07) is 16.1. The highest BCUT2D eigenvalue weighted by Gasteiger charge is 2.24. The normalized spacial score (nSPS) is 14.2. The fourth-order valence-electron chi connectivity index (χ4n) is 3.10. The molecule has 154 valence electrons. The van der Waals surface area contributed by atoms with E-state index >= 15 is 0 Å². The van der Waals surface area contributed by atoms with Gasteiger partial charge in [-0.1, -0.05) is 18.2 Å². The molecular formula is C22H26N2O5. The van der Waals surface area contributed by atoms with Crippen LogP contribution in [-0.2, 0) is 4.79 Å². The monoisotopic (exact) mass is 398 g/mol. The van der Waals surface area contributed by atoms with Crippen LogP contribution in [0.4, 0.5) is 4.79 Å². The zero-order chi connectivity index (χ0) is 20.5. The van der Waals surface area contributed by atoms with Gasteiger partial charge in [0.15, 0.2) is 6.61 Å². The molecule has 1 aliphatic heterocycles. The number of rotatable bonds is 7. The SMILES string of the molecule is CCOc1ccc(OCC(=O)N2CCC(NC(=O)Oc3ccccc3)CC2)cc1. The van der Waals surface area contributed by atoms with E-state index in [1.165, 1.54) is 0 Å². The minimum Gasteiger partial charge on any atom is -0.494 e. The number of piperidine rings is 1. The van der Waals surface area contributed by atoms with E-state index < -0.39 is 6.09 Å². The fourth-order valence-corrected chi connectivity index (χ4v) is 3.10. The predicted octanol–water partition coefficient (Wildman–Crippen LogP) is 3.24. The van der Waals surface area contributed by atoms with Crippen LogP contribution >= 0.6 is 0 Å². The van der Waals surface area contributed by atoms with Crippen molar-refractivity contribution in [2.75, 3.05) is 26.3 Å². The van der Waals surface area contributed by atoms with Crippen LogP contribution in [0.3, 0.4) is 0 Å². The Bertz CT molecular complexity index is 787. The summed E-state index contributed by atoms with van der Waals surface area (Å²) < 4.78 is 16.2. The molecule has 2 amide bonds. The number of para-hydroxylation sites is 1. The first-order valence-corrected chi connectivity index (χ1v) is 9.81. The first kappa shape index (κ1) is 20.5. The molecule has 7 nitrogen and oxygen atoms in total. The maximum Gasteiger partial charge on any atom is 0.412 e. The lowest BCUT2D eigenvalue weighted by Gasteiger charge is -2.32. The number of likely N-dealkylation sites (tertiary alicyclic amines) is 1. The maximum atomic E-state index is 12.4. The third-order valence-electron chi connectivity index (χ3n) is 4.62. The summed E-state index contributed by atoms with van der Waals surface area (Å²) >= 11 is 0. The molecule has 0 atom stereocenters. The topological polar surface area (TPSA) is 77.1 Å². The lowest BCUT2D eigenvalue weighted by Crippen LogP contribution is -2.48. The van der Waals surface area contributed by atoms with Gasteiger partial charge in [0.05, 0.1) is 6.61 Å². The number of amides is 2. The number of nitrogens with one attached hydrogen (secondary N) is 1. The highest BCUT2D eigenvalue weighted by molar-refractivity contribution is 5.78. The molecule has 0 unspecified atom stereocenters.